The molecule has 1 fully saturated rings. The molecule has 0 unspecified atom stereocenters. The van der Waals surface area contributed by atoms with Crippen molar-refractivity contribution in [3.63, 3.8) is 0 Å². The van der Waals surface area contributed by atoms with E-state index in [2.05, 4.69) is 25.6 Å². The lowest BCUT2D eigenvalue weighted by molar-refractivity contribution is 0.0980. The molecule has 6 N–H and O–H groups in total. The number of fused-ring (bicyclic) bond motifs is 2. The van der Waals surface area contributed by atoms with Crippen LogP contribution in [0.1, 0.15) is 31.8 Å². The van der Waals surface area contributed by atoms with Gasteiger partial charge in [-0.1, -0.05) is 24.3 Å². The number of ether oxygens (including phenoxy) is 1. The van der Waals surface area contributed by atoms with Crippen LogP contribution in [-0.4, -0.2) is 78.8 Å². The molecule has 0 atom stereocenters. The van der Waals surface area contributed by atoms with Crippen LogP contribution < -0.4 is 21.3 Å². The van der Waals surface area contributed by atoms with Crippen molar-refractivity contribution in [2.75, 3.05) is 47.6 Å². The van der Waals surface area contributed by atoms with E-state index >= 15 is 0 Å². The third-order valence-corrected chi connectivity index (χ3v) is 9.11. The maximum absolute atomic E-state index is 13.6. The van der Waals surface area contributed by atoms with Gasteiger partial charge in [-0.3, -0.25) is 18.7 Å². The number of anilines is 6. The summed E-state index contributed by atoms with van der Waals surface area (Å²) < 4.78 is 74.7. The van der Waals surface area contributed by atoms with E-state index in [0.29, 0.717) is 26.3 Å². The van der Waals surface area contributed by atoms with Crippen LogP contribution in [-0.2, 0) is 25.0 Å². The molecule has 4 aromatic rings. The van der Waals surface area contributed by atoms with E-state index in [1.54, 1.807) is 4.90 Å². The second-order valence-corrected chi connectivity index (χ2v) is 13.1. The molecule has 0 bridgehead atoms. The number of rotatable bonds is 7. The Morgan fingerprint density at radius 3 is 2.07 bits per heavy atom. The highest BCUT2D eigenvalue weighted by Crippen LogP contribution is 2.40. The Morgan fingerprint density at radius 2 is 1.43 bits per heavy atom. The van der Waals surface area contributed by atoms with Crippen LogP contribution >= 0.6 is 11.6 Å². The van der Waals surface area contributed by atoms with E-state index in [0.717, 1.165) is 12.1 Å². The van der Waals surface area contributed by atoms with Gasteiger partial charge in [-0.2, -0.15) is 31.8 Å². The lowest BCUT2D eigenvalue weighted by Gasteiger charge is -2.26. The maximum Gasteiger partial charge on any atom is 0.296 e. The number of ketones is 2. The van der Waals surface area contributed by atoms with Crippen molar-refractivity contribution in [3.8, 4) is 0 Å². The molecule has 0 amide bonds. The van der Waals surface area contributed by atoms with Crippen molar-refractivity contribution in [2.45, 2.75) is 9.79 Å². The highest BCUT2D eigenvalue weighted by molar-refractivity contribution is 7.86. The van der Waals surface area contributed by atoms with Crippen LogP contribution in [0.25, 0.3) is 0 Å². The first-order valence-electron chi connectivity index (χ1n) is 13.2. The number of hydrogen-bond acceptors (Lipinski definition) is 14. The zero-order chi connectivity index (χ0) is 33.0. The van der Waals surface area contributed by atoms with Crippen LogP contribution in [0.5, 0.6) is 0 Å². The number of nitrogens with two attached hydrogens (primary N) is 1. The molecular weight excluding hydrogens is 666 g/mol. The number of nitrogen functional groups attached to an aromatic ring is 1. The van der Waals surface area contributed by atoms with E-state index in [1.807, 2.05) is 0 Å². The van der Waals surface area contributed by atoms with E-state index in [1.165, 1.54) is 36.4 Å². The van der Waals surface area contributed by atoms with Crippen molar-refractivity contribution in [1.82, 2.24) is 15.0 Å². The van der Waals surface area contributed by atoms with Gasteiger partial charge in [0.05, 0.1) is 41.4 Å². The van der Waals surface area contributed by atoms with Crippen molar-refractivity contribution in [1.29, 1.82) is 0 Å². The third-order valence-electron chi connectivity index (χ3n) is 7.15. The van der Waals surface area contributed by atoms with Crippen molar-refractivity contribution < 1.29 is 40.3 Å². The standard InChI is InChI=1S/C27H22ClN7O9S2/c28-25-32-26(34-27(33-25)35-7-9-44-10-8-35)31-16-6-5-13(11-18(16)45(38,39)40)30-17-12-19(46(41,42)43)22(29)21-20(17)23(36)14-3-1-2-4-15(14)24(21)37/h1-6,11-12,30H,7-10,29H2,(H,38,39,40)(H,41,42,43)(H,31,32,33,34). The molecule has 0 saturated carbocycles. The van der Waals surface area contributed by atoms with Gasteiger partial charge in [0.1, 0.15) is 9.79 Å². The number of nitrogens with one attached hydrogen (secondary N) is 2. The summed E-state index contributed by atoms with van der Waals surface area (Å²) in [5, 5.41) is 5.25. The lowest BCUT2D eigenvalue weighted by atomic mass is 9.82. The Hall–Kier alpha value is -4.72. The van der Waals surface area contributed by atoms with E-state index in [9.17, 15) is 35.5 Å². The normalized spacial score (nSPS) is 14.9. The molecule has 2 heterocycles. The van der Waals surface area contributed by atoms with Gasteiger partial charge in [-0.25, -0.2) is 0 Å². The molecule has 16 nitrogen and oxygen atoms in total. The summed E-state index contributed by atoms with van der Waals surface area (Å²) in [6.07, 6.45) is 0. The van der Waals surface area contributed by atoms with Crippen LogP contribution in [0.2, 0.25) is 5.28 Å². The summed E-state index contributed by atoms with van der Waals surface area (Å²) in [6, 6.07) is 10.2. The quantitative estimate of drug-likeness (QED) is 0.122. The van der Waals surface area contributed by atoms with Gasteiger partial charge in [0.15, 0.2) is 11.6 Å². The van der Waals surface area contributed by atoms with Gasteiger partial charge in [-0.05, 0) is 35.9 Å². The van der Waals surface area contributed by atoms with Crippen LogP contribution in [0, 0.1) is 0 Å². The first kappa shape index (κ1) is 31.3. The number of benzene rings is 3. The van der Waals surface area contributed by atoms with E-state index < -0.39 is 52.8 Å². The third kappa shape index (κ3) is 5.84. The average molecular weight is 688 g/mol. The minimum Gasteiger partial charge on any atom is -0.397 e. The topological polar surface area (TPSA) is 244 Å². The molecule has 1 aliphatic heterocycles. The van der Waals surface area contributed by atoms with Gasteiger partial charge in [0.2, 0.25) is 17.2 Å². The highest BCUT2D eigenvalue weighted by Gasteiger charge is 2.36. The zero-order valence-electron chi connectivity index (χ0n) is 23.3. The first-order chi connectivity index (χ1) is 21.7. The minimum absolute atomic E-state index is 0.0210. The molecule has 3 aromatic carbocycles. The number of carbonyl (C=O) groups is 2. The Balaban J connectivity index is 1.43. The Morgan fingerprint density at radius 1 is 0.804 bits per heavy atom. The lowest BCUT2D eigenvalue weighted by Crippen LogP contribution is -2.37. The summed E-state index contributed by atoms with van der Waals surface area (Å²) in [4.78, 5) is 39.6. The van der Waals surface area contributed by atoms with E-state index in [4.69, 9.17) is 22.1 Å². The fourth-order valence-electron chi connectivity index (χ4n) is 5.10. The molecule has 19 heteroatoms. The van der Waals surface area contributed by atoms with Gasteiger partial charge in [0.25, 0.3) is 20.2 Å². The summed E-state index contributed by atoms with van der Waals surface area (Å²) in [7, 11) is -9.94. The van der Waals surface area contributed by atoms with Gasteiger partial charge >= 0.3 is 0 Å². The first-order valence-corrected chi connectivity index (χ1v) is 16.5. The number of nitrogens with zero attached hydrogens (tertiary/aromatic N) is 4. The summed E-state index contributed by atoms with van der Waals surface area (Å²) in [5.41, 5.74) is 4.06. The van der Waals surface area contributed by atoms with Crippen molar-refractivity contribution in [3.05, 3.63) is 76.1 Å². The van der Waals surface area contributed by atoms with Crippen LogP contribution in [0.4, 0.5) is 34.6 Å². The zero-order valence-corrected chi connectivity index (χ0v) is 25.6. The van der Waals surface area contributed by atoms with Crippen molar-refractivity contribution >= 4 is 78.0 Å². The number of halogens is 1. The largest absolute Gasteiger partial charge is 0.397 e. The number of aromatic nitrogens is 3. The average Bonchev–Trinajstić information content (AvgIpc) is 3.00. The summed E-state index contributed by atoms with van der Waals surface area (Å²) in [6.45, 7) is 1.82. The minimum atomic E-state index is -5.00. The predicted octanol–water partition coefficient (Wildman–Crippen LogP) is 2.70. The molecule has 6 rings (SSSR count). The number of hydrogen-bond donors (Lipinski definition) is 5. The second-order valence-electron chi connectivity index (χ2n) is 10.0. The molecule has 1 aliphatic carbocycles. The predicted molar refractivity (Wildman–Crippen MR) is 165 cm³/mol. The molecule has 238 valence electrons. The van der Waals surface area contributed by atoms with Gasteiger partial charge < -0.3 is 26.0 Å². The smallest absolute Gasteiger partial charge is 0.296 e. The number of morpholine rings is 1. The molecule has 0 spiro atoms. The second kappa shape index (κ2) is 11.6. The van der Waals surface area contributed by atoms with Gasteiger partial charge in [-0.15, -0.1) is 0 Å². The summed E-state index contributed by atoms with van der Waals surface area (Å²) >= 11 is 6.09. The fourth-order valence-corrected chi connectivity index (χ4v) is 6.57. The molecule has 46 heavy (non-hydrogen) atoms. The molecule has 1 saturated heterocycles. The van der Waals surface area contributed by atoms with Gasteiger partial charge in [0, 0.05) is 29.9 Å². The Kier molecular flexibility index (Phi) is 7.87. The molecule has 0 radical (unpaired) electrons. The molecular formula is C27H22ClN7O9S2. The Labute approximate surface area is 266 Å². The van der Waals surface area contributed by atoms with Crippen LogP contribution in [0.15, 0.2) is 58.3 Å². The molecule has 1 aromatic heterocycles. The van der Waals surface area contributed by atoms with Crippen LogP contribution in [0.3, 0.4) is 0 Å². The molecule has 2 aliphatic rings. The Bertz CT molecular complexity index is 2170. The summed E-state index contributed by atoms with van der Waals surface area (Å²) in [5.74, 6) is -1.37. The highest BCUT2D eigenvalue weighted by atomic mass is 35.5. The number of carbonyl (C=O) groups excluding carboxylic acids is 2. The SMILES string of the molecule is Nc1c(S(=O)(=O)O)cc(Nc2ccc(Nc3nc(Cl)nc(N4CCOCC4)n3)c(S(=O)(=O)O)c2)c2c1C(=O)c1ccccc1C2=O. The maximum atomic E-state index is 13.6. The fraction of sp³-hybridized carbons (Fsp3) is 0.148. The monoisotopic (exact) mass is 687 g/mol. The van der Waals surface area contributed by atoms with E-state index in [-0.39, 0.29) is 50.9 Å². The van der Waals surface area contributed by atoms with Crippen molar-refractivity contribution in [2.24, 2.45) is 0 Å².